The number of carboxylic acids is 1. The molecule has 1 aliphatic rings. The maximum atomic E-state index is 12.2. The molecule has 0 unspecified atom stereocenters. The van der Waals surface area contributed by atoms with E-state index < -0.39 is 24.0 Å². The number of rotatable bonds is 2. The molecule has 96 valence electrons. The van der Waals surface area contributed by atoms with E-state index >= 15 is 0 Å². The van der Waals surface area contributed by atoms with Crippen LogP contribution in [0.2, 0.25) is 5.02 Å². The highest BCUT2D eigenvalue weighted by Crippen LogP contribution is 2.24. The van der Waals surface area contributed by atoms with Crippen LogP contribution in [0.15, 0.2) is 24.3 Å². The van der Waals surface area contributed by atoms with Gasteiger partial charge in [-0.05, 0) is 12.1 Å². The summed E-state index contributed by atoms with van der Waals surface area (Å²) in [7, 11) is 0. The number of carbonyl (C=O) groups excluding carboxylic acids is 1. The fourth-order valence-corrected chi connectivity index (χ4v) is 2.28. The summed E-state index contributed by atoms with van der Waals surface area (Å²) >= 11 is 5.90. The van der Waals surface area contributed by atoms with Gasteiger partial charge in [0.15, 0.2) is 0 Å². The number of aliphatic hydroxyl groups is 1. The fourth-order valence-electron chi connectivity index (χ4n) is 2.06. The minimum atomic E-state index is -1.12. The van der Waals surface area contributed by atoms with Crippen LogP contribution in [0.3, 0.4) is 0 Å². The molecule has 0 spiro atoms. The average Bonchev–Trinajstić information content (AvgIpc) is 2.71. The van der Waals surface area contributed by atoms with Crippen molar-refractivity contribution in [2.75, 3.05) is 6.54 Å². The Hall–Kier alpha value is -1.59. The van der Waals surface area contributed by atoms with Gasteiger partial charge in [0.25, 0.3) is 5.91 Å². The minimum absolute atomic E-state index is 0.0149. The highest BCUT2D eigenvalue weighted by atomic mass is 35.5. The SMILES string of the molecule is O=C(O)[C@@H]1C[C@@H](O)CN1C(=O)c1ccccc1Cl. The second-order valence-electron chi connectivity index (χ2n) is 4.18. The molecule has 1 fully saturated rings. The van der Waals surface area contributed by atoms with Gasteiger partial charge >= 0.3 is 5.97 Å². The van der Waals surface area contributed by atoms with Gasteiger partial charge in [-0.25, -0.2) is 4.79 Å². The Balaban J connectivity index is 2.28. The van der Waals surface area contributed by atoms with E-state index in [4.69, 9.17) is 16.7 Å². The van der Waals surface area contributed by atoms with Crippen molar-refractivity contribution >= 4 is 23.5 Å². The van der Waals surface area contributed by atoms with Crippen molar-refractivity contribution < 1.29 is 19.8 Å². The summed E-state index contributed by atoms with van der Waals surface area (Å²) in [5.41, 5.74) is 0.250. The number of hydrogen-bond donors (Lipinski definition) is 2. The molecule has 0 aromatic heterocycles. The van der Waals surface area contributed by atoms with E-state index in [0.29, 0.717) is 0 Å². The van der Waals surface area contributed by atoms with Crippen LogP contribution in [0.4, 0.5) is 0 Å². The molecule has 2 atom stereocenters. The Kier molecular flexibility index (Phi) is 3.54. The van der Waals surface area contributed by atoms with Crippen LogP contribution in [-0.2, 0) is 4.79 Å². The molecular weight excluding hydrogens is 258 g/mol. The molecule has 1 aromatic rings. The third-order valence-corrected chi connectivity index (χ3v) is 3.26. The van der Waals surface area contributed by atoms with Gasteiger partial charge in [0, 0.05) is 13.0 Å². The predicted molar refractivity (Wildman–Crippen MR) is 64.5 cm³/mol. The second-order valence-corrected chi connectivity index (χ2v) is 4.59. The summed E-state index contributed by atoms with van der Waals surface area (Å²) in [6.45, 7) is 0.0149. The third-order valence-electron chi connectivity index (χ3n) is 2.93. The van der Waals surface area contributed by atoms with E-state index in [-0.39, 0.29) is 23.6 Å². The standard InChI is InChI=1S/C12H12ClNO4/c13-9-4-2-1-3-8(9)11(16)14-6-7(15)5-10(14)12(17)18/h1-4,7,10,15H,5-6H2,(H,17,18)/t7-,10+/m1/s1. The lowest BCUT2D eigenvalue weighted by molar-refractivity contribution is -0.141. The molecule has 1 amide bonds. The number of hydrogen-bond acceptors (Lipinski definition) is 3. The normalized spacial score (nSPS) is 23.1. The molecular formula is C12H12ClNO4. The van der Waals surface area contributed by atoms with Crippen LogP contribution in [0.25, 0.3) is 0 Å². The van der Waals surface area contributed by atoms with Crippen LogP contribution < -0.4 is 0 Å². The van der Waals surface area contributed by atoms with E-state index in [2.05, 4.69) is 0 Å². The van der Waals surface area contributed by atoms with E-state index in [1.807, 2.05) is 0 Å². The number of halogens is 1. The van der Waals surface area contributed by atoms with Crippen molar-refractivity contribution in [1.29, 1.82) is 0 Å². The zero-order chi connectivity index (χ0) is 13.3. The number of amides is 1. The molecule has 0 radical (unpaired) electrons. The molecule has 0 bridgehead atoms. The summed E-state index contributed by atoms with van der Waals surface area (Å²) < 4.78 is 0. The summed E-state index contributed by atoms with van der Waals surface area (Å²) in [4.78, 5) is 24.4. The van der Waals surface area contributed by atoms with Gasteiger partial charge in [-0.1, -0.05) is 23.7 Å². The van der Waals surface area contributed by atoms with E-state index in [1.54, 1.807) is 18.2 Å². The molecule has 18 heavy (non-hydrogen) atoms. The molecule has 2 N–H and O–H groups in total. The first-order chi connectivity index (χ1) is 8.50. The first-order valence-electron chi connectivity index (χ1n) is 5.47. The van der Waals surface area contributed by atoms with Gasteiger partial charge in [-0.2, -0.15) is 0 Å². The number of carbonyl (C=O) groups is 2. The lowest BCUT2D eigenvalue weighted by atomic mass is 10.1. The molecule has 0 aliphatic carbocycles. The van der Waals surface area contributed by atoms with Crippen LogP contribution >= 0.6 is 11.6 Å². The van der Waals surface area contributed by atoms with Gasteiger partial charge in [0.1, 0.15) is 6.04 Å². The van der Waals surface area contributed by atoms with Gasteiger partial charge in [0.05, 0.1) is 16.7 Å². The zero-order valence-corrected chi connectivity index (χ0v) is 10.2. The Bertz CT molecular complexity index is 491. The predicted octanol–water partition coefficient (Wildman–Crippen LogP) is 1.000. The molecule has 6 heteroatoms. The maximum Gasteiger partial charge on any atom is 0.326 e. The molecule has 1 saturated heterocycles. The number of benzene rings is 1. The monoisotopic (exact) mass is 269 g/mol. The molecule has 2 rings (SSSR count). The topological polar surface area (TPSA) is 77.8 Å². The lowest BCUT2D eigenvalue weighted by Crippen LogP contribution is -2.40. The van der Waals surface area contributed by atoms with Gasteiger partial charge in [-0.15, -0.1) is 0 Å². The van der Waals surface area contributed by atoms with Crippen LogP contribution in [0, 0.1) is 0 Å². The quantitative estimate of drug-likeness (QED) is 0.840. The van der Waals surface area contributed by atoms with Crippen LogP contribution in [0.5, 0.6) is 0 Å². The molecule has 1 aromatic carbocycles. The molecule has 1 heterocycles. The first kappa shape index (κ1) is 12.9. The average molecular weight is 270 g/mol. The third kappa shape index (κ3) is 2.32. The highest BCUT2D eigenvalue weighted by Gasteiger charge is 2.39. The lowest BCUT2D eigenvalue weighted by Gasteiger charge is -2.21. The molecule has 0 saturated carbocycles. The van der Waals surface area contributed by atoms with Gasteiger partial charge in [0.2, 0.25) is 0 Å². The molecule has 1 aliphatic heterocycles. The summed E-state index contributed by atoms with van der Waals surface area (Å²) in [5, 5.41) is 18.8. The van der Waals surface area contributed by atoms with Crippen molar-refractivity contribution in [3.63, 3.8) is 0 Å². The Morgan fingerprint density at radius 1 is 1.33 bits per heavy atom. The summed E-state index contributed by atoms with van der Waals surface area (Å²) in [6, 6.07) is 5.45. The van der Waals surface area contributed by atoms with Crippen molar-refractivity contribution in [3.8, 4) is 0 Å². The number of likely N-dealkylation sites (tertiary alicyclic amines) is 1. The number of nitrogens with zero attached hydrogens (tertiary/aromatic N) is 1. The number of β-amino-alcohol motifs (C(OH)–C–C–N with tert-alkyl or cyclic N) is 1. The number of aliphatic carboxylic acids is 1. The van der Waals surface area contributed by atoms with Crippen molar-refractivity contribution in [2.24, 2.45) is 0 Å². The van der Waals surface area contributed by atoms with Crippen LogP contribution in [0.1, 0.15) is 16.8 Å². The number of carboxylic acid groups (broad SMARTS) is 1. The smallest absolute Gasteiger partial charge is 0.326 e. The summed E-state index contributed by atoms with van der Waals surface area (Å²) in [6.07, 6.45) is -0.761. The highest BCUT2D eigenvalue weighted by molar-refractivity contribution is 6.33. The first-order valence-corrected chi connectivity index (χ1v) is 5.85. The van der Waals surface area contributed by atoms with Crippen molar-refractivity contribution in [2.45, 2.75) is 18.6 Å². The van der Waals surface area contributed by atoms with Gasteiger partial charge < -0.3 is 15.1 Å². The number of aliphatic hydroxyl groups excluding tert-OH is 1. The minimum Gasteiger partial charge on any atom is -0.480 e. The molecule has 5 nitrogen and oxygen atoms in total. The Morgan fingerprint density at radius 3 is 2.61 bits per heavy atom. The van der Waals surface area contributed by atoms with Crippen molar-refractivity contribution in [1.82, 2.24) is 4.90 Å². The van der Waals surface area contributed by atoms with Crippen LogP contribution in [-0.4, -0.2) is 45.7 Å². The van der Waals surface area contributed by atoms with E-state index in [1.165, 1.54) is 6.07 Å². The van der Waals surface area contributed by atoms with Crippen molar-refractivity contribution in [3.05, 3.63) is 34.9 Å². The maximum absolute atomic E-state index is 12.2. The van der Waals surface area contributed by atoms with Gasteiger partial charge in [-0.3, -0.25) is 4.79 Å². The van der Waals surface area contributed by atoms with E-state index in [0.717, 1.165) is 4.90 Å². The summed E-state index contributed by atoms with van der Waals surface area (Å²) in [5.74, 6) is -1.59. The zero-order valence-electron chi connectivity index (χ0n) is 9.41. The second kappa shape index (κ2) is 4.96. The Labute approximate surface area is 109 Å². The fraction of sp³-hybridized carbons (Fsp3) is 0.333. The van der Waals surface area contributed by atoms with E-state index in [9.17, 15) is 14.7 Å². The largest absolute Gasteiger partial charge is 0.480 e. The Morgan fingerprint density at radius 2 is 2.00 bits per heavy atom.